The van der Waals surface area contributed by atoms with E-state index in [2.05, 4.69) is 5.32 Å². The molecule has 0 aliphatic carbocycles. The van der Waals surface area contributed by atoms with Crippen molar-refractivity contribution in [2.45, 2.75) is 32.2 Å². The Bertz CT molecular complexity index is 569. The zero-order valence-corrected chi connectivity index (χ0v) is 12.9. The maximum Gasteiger partial charge on any atom is 0.150 e. The fourth-order valence-corrected chi connectivity index (χ4v) is 4.74. The lowest BCUT2D eigenvalue weighted by Crippen LogP contribution is -2.39. The van der Waals surface area contributed by atoms with Gasteiger partial charge in [0.1, 0.15) is 11.6 Å². The predicted molar refractivity (Wildman–Crippen MR) is 78.9 cm³/mol. The van der Waals surface area contributed by atoms with Crippen molar-refractivity contribution in [2.24, 2.45) is 5.92 Å². The van der Waals surface area contributed by atoms with Crippen molar-refractivity contribution in [1.82, 2.24) is 5.32 Å². The van der Waals surface area contributed by atoms with Crippen molar-refractivity contribution in [3.8, 4) is 0 Å². The average Bonchev–Trinajstić information content (AvgIpc) is 2.73. The van der Waals surface area contributed by atoms with Crippen molar-refractivity contribution in [2.75, 3.05) is 18.1 Å². The van der Waals surface area contributed by atoms with E-state index in [0.29, 0.717) is 18.4 Å². The highest BCUT2D eigenvalue weighted by Crippen LogP contribution is 2.24. The van der Waals surface area contributed by atoms with Gasteiger partial charge in [-0.25, -0.2) is 17.2 Å². The molecule has 1 aromatic rings. The SMILES string of the molecule is CCCNC(Cc1cc(F)cc(F)c1)C1CCS(=O)(=O)C1. The van der Waals surface area contributed by atoms with Crippen LogP contribution in [0.25, 0.3) is 0 Å². The summed E-state index contributed by atoms with van der Waals surface area (Å²) in [5, 5.41) is 3.33. The van der Waals surface area contributed by atoms with Crippen LogP contribution < -0.4 is 5.32 Å². The molecular weight excluding hydrogens is 296 g/mol. The fourth-order valence-electron chi connectivity index (χ4n) is 2.86. The Morgan fingerprint density at radius 2 is 1.95 bits per heavy atom. The molecule has 2 rings (SSSR count). The Labute approximate surface area is 124 Å². The summed E-state index contributed by atoms with van der Waals surface area (Å²) in [6, 6.07) is 3.40. The number of hydrogen-bond donors (Lipinski definition) is 1. The Morgan fingerprint density at radius 1 is 1.29 bits per heavy atom. The Hall–Kier alpha value is -1.01. The van der Waals surface area contributed by atoms with Crippen LogP contribution >= 0.6 is 0 Å². The Balaban J connectivity index is 2.12. The first kappa shape index (κ1) is 16.4. The predicted octanol–water partition coefficient (Wildman–Crippen LogP) is 2.31. The molecule has 2 unspecified atom stereocenters. The molecule has 21 heavy (non-hydrogen) atoms. The van der Waals surface area contributed by atoms with E-state index in [-0.39, 0.29) is 23.5 Å². The first-order valence-corrected chi connectivity index (χ1v) is 9.10. The van der Waals surface area contributed by atoms with Gasteiger partial charge in [-0.2, -0.15) is 0 Å². The minimum Gasteiger partial charge on any atom is -0.313 e. The molecule has 2 atom stereocenters. The van der Waals surface area contributed by atoms with Crippen molar-refractivity contribution in [3.63, 3.8) is 0 Å². The molecule has 1 aliphatic rings. The molecule has 0 radical (unpaired) electrons. The zero-order valence-electron chi connectivity index (χ0n) is 12.1. The maximum atomic E-state index is 13.3. The minimum atomic E-state index is -2.96. The fraction of sp³-hybridized carbons (Fsp3) is 0.600. The van der Waals surface area contributed by atoms with Gasteiger partial charge < -0.3 is 5.32 Å². The van der Waals surface area contributed by atoms with Gasteiger partial charge in [0, 0.05) is 12.1 Å². The molecule has 1 aliphatic heterocycles. The van der Waals surface area contributed by atoms with Crippen LogP contribution in [0.15, 0.2) is 18.2 Å². The van der Waals surface area contributed by atoms with E-state index in [1.54, 1.807) is 0 Å². The molecule has 0 aromatic heterocycles. The highest BCUT2D eigenvalue weighted by Gasteiger charge is 2.33. The van der Waals surface area contributed by atoms with Gasteiger partial charge >= 0.3 is 0 Å². The summed E-state index contributed by atoms with van der Waals surface area (Å²) in [5.41, 5.74) is 0.561. The lowest BCUT2D eigenvalue weighted by molar-refractivity contribution is 0.378. The first-order valence-electron chi connectivity index (χ1n) is 7.28. The molecule has 0 spiro atoms. The molecule has 6 heteroatoms. The van der Waals surface area contributed by atoms with Gasteiger partial charge in [-0.3, -0.25) is 0 Å². The summed E-state index contributed by atoms with van der Waals surface area (Å²) in [7, 11) is -2.96. The molecular formula is C15H21F2NO2S. The molecule has 1 aromatic carbocycles. The van der Waals surface area contributed by atoms with Gasteiger partial charge in [-0.1, -0.05) is 6.92 Å². The molecule has 1 N–H and O–H groups in total. The average molecular weight is 317 g/mol. The minimum absolute atomic E-state index is 0.00729. The molecule has 1 heterocycles. The summed E-state index contributed by atoms with van der Waals surface area (Å²) >= 11 is 0. The third kappa shape index (κ3) is 4.74. The van der Waals surface area contributed by atoms with Crippen LogP contribution in [-0.4, -0.2) is 32.5 Å². The van der Waals surface area contributed by atoms with E-state index in [9.17, 15) is 17.2 Å². The van der Waals surface area contributed by atoms with Gasteiger partial charge in [-0.05, 0) is 49.4 Å². The second kappa shape index (κ2) is 6.83. The van der Waals surface area contributed by atoms with Crippen molar-refractivity contribution < 1.29 is 17.2 Å². The third-order valence-electron chi connectivity index (χ3n) is 3.87. The summed E-state index contributed by atoms with van der Waals surface area (Å²) in [5.74, 6) is -0.824. The molecule has 1 fully saturated rings. The highest BCUT2D eigenvalue weighted by atomic mass is 32.2. The molecule has 0 bridgehead atoms. The van der Waals surface area contributed by atoms with Gasteiger partial charge in [-0.15, -0.1) is 0 Å². The van der Waals surface area contributed by atoms with Gasteiger partial charge in [0.2, 0.25) is 0 Å². The quantitative estimate of drug-likeness (QED) is 0.876. The summed E-state index contributed by atoms with van der Waals surface area (Å²) in [4.78, 5) is 0. The van der Waals surface area contributed by atoms with Crippen LogP contribution in [0, 0.1) is 17.6 Å². The summed E-state index contributed by atoms with van der Waals surface area (Å²) in [6.45, 7) is 2.79. The molecule has 0 amide bonds. The second-order valence-electron chi connectivity index (χ2n) is 5.71. The largest absolute Gasteiger partial charge is 0.313 e. The van der Waals surface area contributed by atoms with E-state index in [1.807, 2.05) is 6.92 Å². The number of rotatable bonds is 6. The van der Waals surface area contributed by atoms with Gasteiger partial charge in [0.25, 0.3) is 0 Å². The van der Waals surface area contributed by atoms with Crippen LogP contribution in [0.2, 0.25) is 0 Å². The number of nitrogens with one attached hydrogen (secondary N) is 1. The number of benzene rings is 1. The molecule has 1 saturated heterocycles. The number of hydrogen-bond acceptors (Lipinski definition) is 3. The highest BCUT2D eigenvalue weighted by molar-refractivity contribution is 7.91. The standard InChI is InChI=1S/C15H21F2NO2S/c1-2-4-18-15(12-3-5-21(19,20)10-12)8-11-6-13(16)9-14(17)7-11/h6-7,9,12,15,18H,2-5,8,10H2,1H3. The van der Waals surface area contributed by atoms with E-state index in [4.69, 9.17) is 0 Å². The number of sulfone groups is 1. The van der Waals surface area contributed by atoms with Crippen LogP contribution in [0.3, 0.4) is 0 Å². The third-order valence-corrected chi connectivity index (χ3v) is 5.66. The van der Waals surface area contributed by atoms with Crippen LogP contribution in [0.4, 0.5) is 8.78 Å². The van der Waals surface area contributed by atoms with Gasteiger partial charge in [0.05, 0.1) is 11.5 Å². The molecule has 3 nitrogen and oxygen atoms in total. The molecule has 118 valence electrons. The number of halogens is 2. The molecule has 0 saturated carbocycles. The second-order valence-corrected chi connectivity index (χ2v) is 7.93. The van der Waals surface area contributed by atoms with Crippen LogP contribution in [0.1, 0.15) is 25.3 Å². The van der Waals surface area contributed by atoms with E-state index in [0.717, 1.165) is 19.0 Å². The maximum absolute atomic E-state index is 13.3. The van der Waals surface area contributed by atoms with Crippen molar-refractivity contribution in [1.29, 1.82) is 0 Å². The van der Waals surface area contributed by atoms with Crippen LogP contribution in [-0.2, 0) is 16.3 Å². The first-order chi connectivity index (χ1) is 9.89. The smallest absolute Gasteiger partial charge is 0.150 e. The summed E-state index contributed by atoms with van der Waals surface area (Å²) in [6.07, 6.45) is 1.98. The van der Waals surface area contributed by atoms with Gasteiger partial charge in [0.15, 0.2) is 9.84 Å². The Morgan fingerprint density at radius 3 is 2.48 bits per heavy atom. The van der Waals surface area contributed by atoms with Crippen LogP contribution in [0.5, 0.6) is 0 Å². The Kier molecular flexibility index (Phi) is 5.32. The van der Waals surface area contributed by atoms with E-state index >= 15 is 0 Å². The lowest BCUT2D eigenvalue weighted by Gasteiger charge is -2.24. The van der Waals surface area contributed by atoms with Crippen molar-refractivity contribution in [3.05, 3.63) is 35.4 Å². The van der Waals surface area contributed by atoms with E-state index in [1.165, 1.54) is 12.1 Å². The lowest BCUT2D eigenvalue weighted by atomic mass is 9.92. The van der Waals surface area contributed by atoms with Crippen molar-refractivity contribution >= 4 is 9.84 Å². The summed E-state index contributed by atoms with van der Waals surface area (Å²) < 4.78 is 49.8. The van der Waals surface area contributed by atoms with E-state index < -0.39 is 21.5 Å². The zero-order chi connectivity index (χ0) is 15.5. The monoisotopic (exact) mass is 317 g/mol. The normalized spacial score (nSPS) is 22.3. The topological polar surface area (TPSA) is 46.2 Å².